The molecule has 0 aromatic carbocycles. The number of rotatable bonds is 12. The molecular formula is C27H39N3O4. The number of carbonyl (C=O) groups excluding carboxylic acids is 2. The SMILES string of the molecule is COC(=O)C(CCOCCCCc1ccc2c(n1)NCCC2)NC(=O)C(C)(C)C1=CCCC=C1. The maximum absolute atomic E-state index is 12.9. The minimum atomic E-state index is -0.725. The van der Waals surface area contributed by atoms with E-state index in [1.54, 1.807) is 0 Å². The van der Waals surface area contributed by atoms with E-state index >= 15 is 0 Å². The highest BCUT2D eigenvalue weighted by Crippen LogP contribution is 2.30. The Bertz CT molecular complexity index is 907. The van der Waals surface area contributed by atoms with E-state index in [0.29, 0.717) is 19.6 Å². The van der Waals surface area contributed by atoms with Gasteiger partial charge in [0, 0.05) is 31.9 Å². The van der Waals surface area contributed by atoms with Gasteiger partial charge >= 0.3 is 5.97 Å². The Hall–Kier alpha value is -2.67. The zero-order chi connectivity index (χ0) is 24.4. The molecule has 1 aliphatic carbocycles. The Morgan fingerprint density at radius 1 is 1.21 bits per heavy atom. The summed E-state index contributed by atoms with van der Waals surface area (Å²) in [5.74, 6) is 0.399. The molecule has 1 aliphatic heterocycles. The lowest BCUT2D eigenvalue weighted by molar-refractivity contribution is -0.146. The Kier molecular flexibility index (Phi) is 9.69. The van der Waals surface area contributed by atoms with E-state index in [1.165, 1.54) is 19.1 Å². The number of nitrogens with zero attached hydrogens (tertiary/aromatic N) is 1. The predicted octanol–water partition coefficient (Wildman–Crippen LogP) is 4.13. The zero-order valence-electron chi connectivity index (χ0n) is 20.8. The third-order valence-corrected chi connectivity index (χ3v) is 6.55. The number of nitrogens with one attached hydrogen (secondary N) is 2. The van der Waals surface area contributed by atoms with Gasteiger partial charge in [-0.3, -0.25) is 4.79 Å². The number of pyridine rings is 1. The number of esters is 1. The molecule has 1 unspecified atom stereocenters. The minimum absolute atomic E-state index is 0.187. The van der Waals surface area contributed by atoms with Crippen molar-refractivity contribution in [3.8, 4) is 0 Å². The topological polar surface area (TPSA) is 89.6 Å². The van der Waals surface area contributed by atoms with E-state index in [-0.39, 0.29) is 5.91 Å². The maximum Gasteiger partial charge on any atom is 0.328 e. The third-order valence-electron chi connectivity index (χ3n) is 6.55. The first-order valence-corrected chi connectivity index (χ1v) is 12.5. The van der Waals surface area contributed by atoms with Gasteiger partial charge in [-0.1, -0.05) is 24.3 Å². The Labute approximate surface area is 203 Å². The first-order valence-electron chi connectivity index (χ1n) is 12.5. The maximum atomic E-state index is 12.9. The quantitative estimate of drug-likeness (QED) is 0.353. The van der Waals surface area contributed by atoms with Gasteiger partial charge in [0.05, 0.1) is 12.5 Å². The summed E-state index contributed by atoms with van der Waals surface area (Å²) in [5, 5.41) is 6.25. The molecule has 1 amide bonds. The summed E-state index contributed by atoms with van der Waals surface area (Å²) in [5.41, 5.74) is 2.66. The molecule has 1 aromatic heterocycles. The number of aryl methyl sites for hydroxylation is 2. The van der Waals surface area contributed by atoms with Crippen LogP contribution in [0.2, 0.25) is 0 Å². The van der Waals surface area contributed by atoms with E-state index in [1.807, 2.05) is 19.9 Å². The molecule has 7 nitrogen and oxygen atoms in total. The number of amides is 1. The van der Waals surface area contributed by atoms with Crippen molar-refractivity contribution in [3.63, 3.8) is 0 Å². The summed E-state index contributed by atoms with van der Waals surface area (Å²) in [6.45, 7) is 5.74. The largest absolute Gasteiger partial charge is 0.467 e. The summed E-state index contributed by atoms with van der Waals surface area (Å²) in [6.07, 6.45) is 13.5. The number of aromatic nitrogens is 1. The molecule has 7 heteroatoms. The van der Waals surface area contributed by atoms with Crippen molar-refractivity contribution in [2.24, 2.45) is 5.41 Å². The third kappa shape index (κ3) is 7.16. The van der Waals surface area contributed by atoms with E-state index in [9.17, 15) is 9.59 Å². The van der Waals surface area contributed by atoms with Crippen molar-refractivity contribution in [1.82, 2.24) is 10.3 Å². The van der Waals surface area contributed by atoms with E-state index in [0.717, 1.165) is 62.2 Å². The van der Waals surface area contributed by atoms with Crippen LogP contribution in [-0.2, 0) is 31.9 Å². The van der Waals surface area contributed by atoms with Gasteiger partial charge in [-0.05, 0) is 76.0 Å². The molecule has 1 atom stereocenters. The lowest BCUT2D eigenvalue weighted by atomic mass is 9.80. The van der Waals surface area contributed by atoms with Gasteiger partial charge in [-0.25, -0.2) is 9.78 Å². The van der Waals surface area contributed by atoms with Crippen LogP contribution in [0.5, 0.6) is 0 Å². The van der Waals surface area contributed by atoms with Crippen molar-refractivity contribution >= 4 is 17.7 Å². The fourth-order valence-corrected chi connectivity index (χ4v) is 4.26. The average Bonchev–Trinajstić information content (AvgIpc) is 2.87. The van der Waals surface area contributed by atoms with Gasteiger partial charge < -0.3 is 20.1 Å². The number of hydrogen-bond donors (Lipinski definition) is 2. The monoisotopic (exact) mass is 469 g/mol. The van der Waals surface area contributed by atoms with Crippen molar-refractivity contribution < 1.29 is 19.1 Å². The Morgan fingerprint density at radius 3 is 2.82 bits per heavy atom. The molecule has 2 aliphatic rings. The highest BCUT2D eigenvalue weighted by molar-refractivity contribution is 5.90. The molecule has 1 aromatic rings. The van der Waals surface area contributed by atoms with Crippen LogP contribution in [-0.4, -0.2) is 49.8 Å². The lowest BCUT2D eigenvalue weighted by Gasteiger charge is -2.28. The Balaban J connectivity index is 1.38. The molecule has 0 saturated heterocycles. The number of fused-ring (bicyclic) bond motifs is 1. The predicted molar refractivity (Wildman–Crippen MR) is 134 cm³/mol. The highest BCUT2D eigenvalue weighted by atomic mass is 16.5. The first kappa shape index (κ1) is 25.9. The lowest BCUT2D eigenvalue weighted by Crippen LogP contribution is -2.48. The number of carbonyl (C=O) groups is 2. The molecule has 0 fully saturated rings. The van der Waals surface area contributed by atoms with Crippen molar-refractivity contribution in [2.75, 3.05) is 32.2 Å². The van der Waals surface area contributed by atoms with Crippen LogP contribution in [0.15, 0.2) is 35.9 Å². The summed E-state index contributed by atoms with van der Waals surface area (Å²) < 4.78 is 10.7. The van der Waals surface area contributed by atoms with Crippen LogP contribution in [0.25, 0.3) is 0 Å². The van der Waals surface area contributed by atoms with Crippen LogP contribution in [0.3, 0.4) is 0 Å². The molecule has 34 heavy (non-hydrogen) atoms. The number of unbranched alkanes of at least 4 members (excludes halogenated alkanes) is 1. The van der Waals surface area contributed by atoms with E-state index in [2.05, 4.69) is 34.9 Å². The molecule has 0 radical (unpaired) electrons. The van der Waals surface area contributed by atoms with Gasteiger partial charge in [0.2, 0.25) is 5.91 Å². The molecule has 0 saturated carbocycles. The van der Waals surface area contributed by atoms with Crippen LogP contribution >= 0.6 is 0 Å². The second-order valence-corrected chi connectivity index (χ2v) is 9.51. The van der Waals surface area contributed by atoms with Crippen LogP contribution in [0.1, 0.15) is 63.6 Å². The number of methoxy groups -OCH3 is 1. The second kappa shape index (κ2) is 12.7. The van der Waals surface area contributed by atoms with Crippen LogP contribution in [0, 0.1) is 5.41 Å². The summed E-state index contributed by atoms with van der Waals surface area (Å²) in [4.78, 5) is 29.9. The van der Waals surface area contributed by atoms with Gasteiger partial charge in [0.15, 0.2) is 0 Å². The zero-order valence-corrected chi connectivity index (χ0v) is 20.8. The first-order chi connectivity index (χ1) is 16.4. The molecule has 0 bridgehead atoms. The summed E-state index contributed by atoms with van der Waals surface area (Å²) >= 11 is 0. The van der Waals surface area contributed by atoms with Gasteiger partial charge in [0.25, 0.3) is 0 Å². The number of anilines is 1. The van der Waals surface area contributed by atoms with Crippen LogP contribution in [0.4, 0.5) is 5.82 Å². The second-order valence-electron chi connectivity index (χ2n) is 9.51. The van der Waals surface area contributed by atoms with Crippen LogP contribution < -0.4 is 10.6 Å². The Morgan fingerprint density at radius 2 is 2.06 bits per heavy atom. The smallest absolute Gasteiger partial charge is 0.328 e. The van der Waals surface area contributed by atoms with Gasteiger partial charge in [-0.2, -0.15) is 0 Å². The summed E-state index contributed by atoms with van der Waals surface area (Å²) in [7, 11) is 1.34. The minimum Gasteiger partial charge on any atom is -0.467 e. The number of allylic oxidation sites excluding steroid dienone is 3. The van der Waals surface area contributed by atoms with Crippen molar-refractivity contribution in [1.29, 1.82) is 0 Å². The molecule has 2 heterocycles. The molecule has 2 N–H and O–H groups in total. The van der Waals surface area contributed by atoms with Crippen molar-refractivity contribution in [2.45, 2.75) is 71.3 Å². The molecule has 186 valence electrons. The molecular weight excluding hydrogens is 430 g/mol. The highest BCUT2D eigenvalue weighted by Gasteiger charge is 2.34. The van der Waals surface area contributed by atoms with E-state index in [4.69, 9.17) is 14.5 Å². The molecule has 0 spiro atoms. The van der Waals surface area contributed by atoms with E-state index < -0.39 is 17.4 Å². The standard InChI is InChI=1S/C27H39N3O4/c1-27(2,21-11-5-4-6-12-21)26(32)30-23(25(31)33-3)16-19-34-18-8-7-13-22-15-14-20-10-9-17-28-24(20)29-22/h5,11-12,14-15,23H,4,6-10,13,16-19H2,1-3H3,(H,28,29)(H,30,32). The average molecular weight is 470 g/mol. The summed E-state index contributed by atoms with van der Waals surface area (Å²) in [6, 6.07) is 3.58. The number of hydrogen-bond acceptors (Lipinski definition) is 6. The fraction of sp³-hybridized carbons (Fsp3) is 0.593. The van der Waals surface area contributed by atoms with Crippen molar-refractivity contribution in [3.05, 3.63) is 47.2 Å². The van der Waals surface area contributed by atoms with Gasteiger partial charge in [0.1, 0.15) is 11.9 Å². The number of ether oxygens (including phenoxy) is 2. The normalized spacial score (nSPS) is 16.1. The van der Waals surface area contributed by atoms with Gasteiger partial charge in [-0.15, -0.1) is 0 Å². The molecule has 3 rings (SSSR count). The fourth-order valence-electron chi connectivity index (χ4n) is 4.26.